The fraction of sp³-hybridized carbons (Fsp3) is 0. The zero-order valence-electron chi connectivity index (χ0n) is 6.25. The van der Waals surface area contributed by atoms with E-state index in [-0.39, 0.29) is 11.5 Å². The van der Waals surface area contributed by atoms with Gasteiger partial charge in [0, 0.05) is 5.56 Å². The predicted octanol–water partition coefficient (Wildman–Crippen LogP) is 2.52. The lowest BCUT2D eigenvalue weighted by Gasteiger charge is -1.98. The van der Waals surface area contributed by atoms with Crippen molar-refractivity contribution in [3.05, 3.63) is 40.9 Å². The summed E-state index contributed by atoms with van der Waals surface area (Å²) < 4.78 is 0.509. The van der Waals surface area contributed by atoms with E-state index in [4.69, 9.17) is 5.11 Å². The molecule has 1 aromatic carbocycles. The van der Waals surface area contributed by atoms with Crippen molar-refractivity contribution >= 4 is 21.7 Å². The molecule has 1 N–H and O–H groups in total. The summed E-state index contributed by atoms with van der Waals surface area (Å²) in [6.45, 7) is 3.36. The maximum absolute atomic E-state index is 11.1. The number of halogens is 1. The number of phenolic OH excluding ortho intramolecular Hbond substituents is 1. The number of hydrogen-bond donors (Lipinski definition) is 1. The van der Waals surface area contributed by atoms with E-state index in [1.54, 1.807) is 12.1 Å². The Bertz CT molecular complexity index is 331. The molecule has 0 amide bonds. The van der Waals surface area contributed by atoms with Gasteiger partial charge in [0.25, 0.3) is 0 Å². The predicted molar refractivity (Wildman–Crippen MR) is 50.3 cm³/mol. The highest BCUT2D eigenvalue weighted by atomic mass is 79.9. The first kappa shape index (κ1) is 9.00. The third kappa shape index (κ3) is 1.74. The molecule has 0 radical (unpaired) electrons. The number of ketones is 1. The Morgan fingerprint density at radius 3 is 2.75 bits per heavy atom. The van der Waals surface area contributed by atoms with Crippen LogP contribution in [0.25, 0.3) is 0 Å². The lowest BCUT2D eigenvalue weighted by molar-refractivity contribution is 0.104. The van der Waals surface area contributed by atoms with Gasteiger partial charge in [-0.05, 0) is 40.2 Å². The Labute approximate surface area is 78.7 Å². The van der Waals surface area contributed by atoms with Crippen LogP contribution in [-0.4, -0.2) is 10.9 Å². The first-order chi connectivity index (χ1) is 5.65. The minimum atomic E-state index is -0.157. The first-order valence-electron chi connectivity index (χ1n) is 3.30. The van der Waals surface area contributed by atoms with Crippen LogP contribution in [0.2, 0.25) is 0 Å². The highest BCUT2D eigenvalue weighted by molar-refractivity contribution is 9.10. The molecule has 0 aliphatic carbocycles. The molecule has 0 heterocycles. The molecule has 0 bridgehead atoms. The van der Waals surface area contributed by atoms with Gasteiger partial charge in [-0.15, -0.1) is 0 Å². The molecular weight excluding hydrogens is 220 g/mol. The van der Waals surface area contributed by atoms with Gasteiger partial charge in [-0.25, -0.2) is 0 Å². The van der Waals surface area contributed by atoms with Crippen molar-refractivity contribution in [2.45, 2.75) is 0 Å². The molecule has 0 unspecified atom stereocenters. The van der Waals surface area contributed by atoms with Gasteiger partial charge in [-0.3, -0.25) is 4.79 Å². The summed E-state index contributed by atoms with van der Waals surface area (Å²) in [6.07, 6.45) is 1.23. The normalized spacial score (nSPS) is 9.42. The molecule has 0 aliphatic rings. The summed E-state index contributed by atoms with van der Waals surface area (Å²) in [6, 6.07) is 4.56. The summed E-state index contributed by atoms with van der Waals surface area (Å²) in [5.41, 5.74) is 0.509. The maximum atomic E-state index is 11.1. The van der Waals surface area contributed by atoms with E-state index < -0.39 is 0 Å². The quantitative estimate of drug-likeness (QED) is 0.622. The van der Waals surface area contributed by atoms with Gasteiger partial charge < -0.3 is 5.11 Å². The van der Waals surface area contributed by atoms with Gasteiger partial charge >= 0.3 is 0 Å². The molecule has 2 nitrogen and oxygen atoms in total. The number of phenols is 1. The lowest BCUT2D eigenvalue weighted by atomic mass is 10.1. The van der Waals surface area contributed by atoms with Crippen LogP contribution in [0.15, 0.2) is 35.3 Å². The number of allylic oxidation sites excluding steroid dienone is 1. The molecule has 3 heteroatoms. The zero-order chi connectivity index (χ0) is 9.14. The fourth-order valence-electron chi connectivity index (χ4n) is 0.778. The van der Waals surface area contributed by atoms with E-state index in [1.807, 2.05) is 0 Å². The molecule has 0 aliphatic heterocycles. The molecule has 1 aromatic rings. The van der Waals surface area contributed by atoms with Crippen LogP contribution in [0.5, 0.6) is 5.75 Å². The fourth-order valence-corrected chi connectivity index (χ4v) is 1.16. The van der Waals surface area contributed by atoms with Crippen molar-refractivity contribution in [3.8, 4) is 5.75 Å². The first-order valence-corrected chi connectivity index (χ1v) is 4.09. The van der Waals surface area contributed by atoms with Crippen LogP contribution in [0.1, 0.15) is 10.4 Å². The largest absolute Gasteiger partial charge is 0.507 e. The third-order valence-corrected chi connectivity index (χ3v) is 2.05. The molecule has 12 heavy (non-hydrogen) atoms. The molecule has 62 valence electrons. The van der Waals surface area contributed by atoms with Gasteiger partial charge in [-0.2, -0.15) is 0 Å². The van der Waals surface area contributed by atoms with Crippen molar-refractivity contribution in [1.29, 1.82) is 0 Å². The second-order valence-corrected chi connectivity index (χ2v) is 3.09. The van der Waals surface area contributed by atoms with Gasteiger partial charge in [0.2, 0.25) is 0 Å². The zero-order valence-corrected chi connectivity index (χ0v) is 7.84. The molecule has 0 aromatic heterocycles. The molecule has 0 saturated carbocycles. The van der Waals surface area contributed by atoms with Crippen LogP contribution in [0.4, 0.5) is 0 Å². The van der Waals surface area contributed by atoms with Crippen LogP contribution >= 0.6 is 15.9 Å². The van der Waals surface area contributed by atoms with E-state index in [0.717, 1.165) is 0 Å². The lowest BCUT2D eigenvalue weighted by Crippen LogP contribution is -1.92. The Hall–Kier alpha value is -1.09. The summed E-state index contributed by atoms with van der Waals surface area (Å²) in [4.78, 5) is 11.1. The minimum Gasteiger partial charge on any atom is -0.507 e. The van der Waals surface area contributed by atoms with Crippen molar-refractivity contribution in [3.63, 3.8) is 0 Å². The Morgan fingerprint density at radius 1 is 1.58 bits per heavy atom. The highest BCUT2D eigenvalue weighted by Gasteiger charge is 2.03. The van der Waals surface area contributed by atoms with Crippen molar-refractivity contribution in [2.75, 3.05) is 0 Å². The monoisotopic (exact) mass is 226 g/mol. The summed E-state index contributed by atoms with van der Waals surface area (Å²) >= 11 is 3.11. The van der Waals surface area contributed by atoms with Crippen LogP contribution in [0, 0.1) is 0 Å². The standard InChI is InChI=1S/C9H7BrO2/c1-2-8(11)6-3-4-9(12)7(10)5-6/h2-5,12H,1H2. The molecular formula is C9H7BrO2. The molecule has 0 saturated heterocycles. The number of carbonyl (C=O) groups excluding carboxylic acids is 1. The smallest absolute Gasteiger partial charge is 0.185 e. The number of carbonyl (C=O) groups is 1. The number of rotatable bonds is 2. The van der Waals surface area contributed by atoms with Crippen molar-refractivity contribution < 1.29 is 9.90 Å². The van der Waals surface area contributed by atoms with Gasteiger partial charge in [0.1, 0.15) is 5.75 Å². The Morgan fingerprint density at radius 2 is 2.25 bits per heavy atom. The van der Waals surface area contributed by atoms with E-state index >= 15 is 0 Å². The Balaban J connectivity index is 3.13. The highest BCUT2D eigenvalue weighted by Crippen LogP contribution is 2.24. The summed E-state index contributed by atoms with van der Waals surface area (Å²) in [5.74, 6) is -0.0358. The minimum absolute atomic E-state index is 0.121. The van der Waals surface area contributed by atoms with Gasteiger partial charge in [-0.1, -0.05) is 6.58 Å². The van der Waals surface area contributed by atoms with Gasteiger partial charge in [0.05, 0.1) is 4.47 Å². The van der Waals surface area contributed by atoms with Crippen LogP contribution in [0.3, 0.4) is 0 Å². The van der Waals surface area contributed by atoms with E-state index in [9.17, 15) is 4.79 Å². The average Bonchev–Trinajstić information content (AvgIpc) is 2.08. The van der Waals surface area contributed by atoms with Crippen molar-refractivity contribution in [2.24, 2.45) is 0 Å². The second-order valence-electron chi connectivity index (χ2n) is 2.23. The van der Waals surface area contributed by atoms with E-state index in [1.165, 1.54) is 12.1 Å². The van der Waals surface area contributed by atoms with Gasteiger partial charge in [0.15, 0.2) is 5.78 Å². The average molecular weight is 227 g/mol. The van der Waals surface area contributed by atoms with Crippen molar-refractivity contribution in [1.82, 2.24) is 0 Å². The molecule has 0 fully saturated rings. The van der Waals surface area contributed by atoms with E-state index in [0.29, 0.717) is 10.0 Å². The molecule has 0 spiro atoms. The SMILES string of the molecule is C=CC(=O)c1ccc(O)c(Br)c1. The van der Waals surface area contributed by atoms with Crippen LogP contribution < -0.4 is 0 Å². The second kappa shape index (κ2) is 3.54. The Kier molecular flexibility index (Phi) is 2.65. The molecule has 0 atom stereocenters. The summed E-state index contributed by atoms with van der Waals surface area (Å²) in [7, 11) is 0. The van der Waals surface area contributed by atoms with Crippen LogP contribution in [-0.2, 0) is 0 Å². The number of benzene rings is 1. The third-order valence-electron chi connectivity index (χ3n) is 1.42. The maximum Gasteiger partial charge on any atom is 0.185 e. The van der Waals surface area contributed by atoms with E-state index in [2.05, 4.69) is 22.5 Å². The molecule has 1 rings (SSSR count). The topological polar surface area (TPSA) is 37.3 Å². The number of hydrogen-bond acceptors (Lipinski definition) is 2. The summed E-state index contributed by atoms with van der Waals surface area (Å²) in [5, 5.41) is 9.11. The number of aromatic hydroxyl groups is 1.